The Labute approximate surface area is 158 Å². The van der Waals surface area contributed by atoms with Gasteiger partial charge in [-0.15, -0.1) is 0 Å². The first-order chi connectivity index (χ1) is 12.0. The molecule has 0 saturated carbocycles. The maximum atomic E-state index is 6.44. The Bertz CT molecular complexity index is 732. The second kappa shape index (κ2) is 9.50. The molecule has 25 heavy (non-hydrogen) atoms. The van der Waals surface area contributed by atoms with Gasteiger partial charge in [0.25, 0.3) is 0 Å². The van der Waals surface area contributed by atoms with Crippen LogP contribution in [0.3, 0.4) is 0 Å². The van der Waals surface area contributed by atoms with E-state index in [0.29, 0.717) is 23.4 Å². The summed E-state index contributed by atoms with van der Waals surface area (Å²) in [4.78, 5) is 0. The number of thiocarbonyl (C=S) groups is 1. The van der Waals surface area contributed by atoms with Crippen LogP contribution in [-0.2, 0) is 11.3 Å². The smallest absolute Gasteiger partial charge is 0.187 e. The average molecular weight is 380 g/mol. The van der Waals surface area contributed by atoms with Crippen LogP contribution in [0.25, 0.3) is 0 Å². The lowest BCUT2D eigenvalue weighted by Crippen LogP contribution is -2.40. The van der Waals surface area contributed by atoms with Crippen LogP contribution in [0.4, 0.5) is 0 Å². The highest BCUT2D eigenvalue weighted by Crippen LogP contribution is 2.19. The van der Waals surface area contributed by atoms with Gasteiger partial charge in [-0.3, -0.25) is 5.43 Å². The maximum absolute atomic E-state index is 6.44. The van der Waals surface area contributed by atoms with Crippen LogP contribution < -0.4 is 10.7 Å². The van der Waals surface area contributed by atoms with Crippen molar-refractivity contribution in [1.29, 1.82) is 0 Å². The average Bonchev–Trinajstić information content (AvgIpc) is 2.83. The van der Waals surface area contributed by atoms with E-state index in [4.69, 9.17) is 28.6 Å². The van der Waals surface area contributed by atoms with Gasteiger partial charge in [-0.2, -0.15) is 10.2 Å². The molecule has 1 heterocycles. The van der Waals surface area contributed by atoms with Crippen molar-refractivity contribution >= 4 is 35.1 Å². The van der Waals surface area contributed by atoms with Crippen molar-refractivity contribution in [3.05, 3.63) is 52.3 Å². The van der Waals surface area contributed by atoms with E-state index in [9.17, 15) is 0 Å². The third-order valence-corrected chi connectivity index (χ3v) is 4.05. The number of hydrogen-bond donors (Lipinski definition) is 2. The molecule has 0 bridgehead atoms. The largest absolute Gasteiger partial charge is 0.383 e. The molecule has 8 heteroatoms. The zero-order valence-corrected chi connectivity index (χ0v) is 16.1. The minimum Gasteiger partial charge on any atom is -0.383 e. The quantitative estimate of drug-likeness (QED) is 0.440. The van der Waals surface area contributed by atoms with Gasteiger partial charge in [0.15, 0.2) is 5.11 Å². The van der Waals surface area contributed by atoms with Crippen LogP contribution >= 0.6 is 23.8 Å². The predicted molar refractivity (Wildman–Crippen MR) is 105 cm³/mol. The Hall–Kier alpha value is -1.96. The van der Waals surface area contributed by atoms with E-state index >= 15 is 0 Å². The van der Waals surface area contributed by atoms with Gasteiger partial charge in [0.1, 0.15) is 5.15 Å². The zero-order valence-electron chi connectivity index (χ0n) is 14.5. The van der Waals surface area contributed by atoms with E-state index in [1.165, 1.54) is 0 Å². The number of halogens is 1. The highest BCUT2D eigenvalue weighted by Gasteiger charge is 2.12. The number of hydrazone groups is 1. The van der Waals surface area contributed by atoms with E-state index < -0.39 is 0 Å². The third kappa shape index (κ3) is 5.81. The fourth-order valence-electron chi connectivity index (χ4n) is 2.28. The van der Waals surface area contributed by atoms with Crippen molar-refractivity contribution in [2.45, 2.75) is 26.4 Å². The maximum Gasteiger partial charge on any atom is 0.187 e. The predicted octanol–water partition coefficient (Wildman–Crippen LogP) is 2.73. The summed E-state index contributed by atoms with van der Waals surface area (Å²) in [5.74, 6) is 0. The number of benzene rings is 1. The van der Waals surface area contributed by atoms with E-state index in [1.54, 1.807) is 18.0 Å². The van der Waals surface area contributed by atoms with Crippen LogP contribution in [0.15, 0.2) is 35.4 Å². The number of nitrogens with one attached hydrogen (secondary N) is 2. The fourth-order valence-corrected chi connectivity index (χ4v) is 2.82. The van der Waals surface area contributed by atoms with Crippen molar-refractivity contribution in [3.8, 4) is 0 Å². The van der Waals surface area contributed by atoms with Gasteiger partial charge in [0, 0.05) is 13.2 Å². The Morgan fingerprint density at radius 3 is 2.84 bits per heavy atom. The molecule has 2 aromatic rings. The van der Waals surface area contributed by atoms with Gasteiger partial charge in [-0.25, -0.2) is 4.68 Å². The van der Waals surface area contributed by atoms with Gasteiger partial charge < -0.3 is 10.1 Å². The summed E-state index contributed by atoms with van der Waals surface area (Å²) in [6, 6.07) is 10.1. The molecular formula is C17H22ClN5OS. The molecule has 6 nitrogen and oxygen atoms in total. The molecule has 0 aliphatic heterocycles. The van der Waals surface area contributed by atoms with Crippen molar-refractivity contribution in [2.75, 3.05) is 13.7 Å². The monoisotopic (exact) mass is 379 g/mol. The molecule has 134 valence electrons. The molecule has 2 N–H and O–H groups in total. The van der Waals surface area contributed by atoms with Crippen molar-refractivity contribution in [2.24, 2.45) is 5.10 Å². The van der Waals surface area contributed by atoms with Crippen LogP contribution in [0.5, 0.6) is 0 Å². The van der Waals surface area contributed by atoms with Crippen LogP contribution in [-0.4, -0.2) is 40.9 Å². The van der Waals surface area contributed by atoms with Gasteiger partial charge in [-0.1, -0.05) is 41.9 Å². The minimum absolute atomic E-state index is 0.0964. The Balaban J connectivity index is 1.99. The summed E-state index contributed by atoms with van der Waals surface area (Å²) >= 11 is 11.6. The second-order valence-corrected chi connectivity index (χ2v) is 6.40. The zero-order chi connectivity index (χ0) is 18.2. The first kappa shape index (κ1) is 19.4. The molecule has 1 aromatic carbocycles. The van der Waals surface area contributed by atoms with Gasteiger partial charge in [0.05, 0.1) is 30.6 Å². The minimum atomic E-state index is 0.0964. The van der Waals surface area contributed by atoms with Crippen LogP contribution in [0.1, 0.15) is 23.7 Å². The number of hydrogen-bond acceptors (Lipinski definition) is 4. The number of rotatable bonds is 7. The molecule has 1 atom stereocenters. The lowest BCUT2D eigenvalue weighted by atomic mass is 10.2. The summed E-state index contributed by atoms with van der Waals surface area (Å²) in [6.07, 6.45) is 1.63. The highest BCUT2D eigenvalue weighted by molar-refractivity contribution is 7.80. The molecule has 1 aromatic heterocycles. The molecular weight excluding hydrogens is 358 g/mol. The Morgan fingerprint density at radius 1 is 1.44 bits per heavy atom. The van der Waals surface area contributed by atoms with Crippen LogP contribution in [0, 0.1) is 6.92 Å². The first-order valence-electron chi connectivity index (χ1n) is 7.86. The normalized spacial score (nSPS) is 12.3. The van der Waals surface area contributed by atoms with E-state index in [2.05, 4.69) is 20.9 Å². The lowest BCUT2D eigenvalue weighted by Gasteiger charge is -2.13. The Kier molecular flexibility index (Phi) is 7.36. The number of methoxy groups -OCH3 is 1. The molecule has 0 saturated heterocycles. The topological polar surface area (TPSA) is 63.5 Å². The number of aryl methyl sites for hydroxylation is 1. The van der Waals surface area contributed by atoms with E-state index in [1.807, 2.05) is 44.2 Å². The molecule has 0 spiro atoms. The summed E-state index contributed by atoms with van der Waals surface area (Å²) < 4.78 is 6.80. The molecule has 0 aliphatic carbocycles. The third-order valence-electron chi connectivity index (χ3n) is 3.44. The van der Waals surface area contributed by atoms with Crippen molar-refractivity contribution in [1.82, 2.24) is 20.5 Å². The van der Waals surface area contributed by atoms with E-state index in [0.717, 1.165) is 16.8 Å². The standard InChI is InChI=1S/C17H22ClN5OS/c1-12(11-24-3)20-17(25)21-19-9-15-13(2)22-23(16(15)18)10-14-7-5-4-6-8-14/h4-9,12H,10-11H2,1-3H3,(H2,20,21,25)/b19-9-/t12-/m1/s1. The SMILES string of the molecule is COC[C@@H](C)NC(=S)N/N=C\c1c(C)nn(Cc2ccccc2)c1Cl. The molecule has 0 radical (unpaired) electrons. The molecule has 2 rings (SSSR count). The summed E-state index contributed by atoms with van der Waals surface area (Å²) in [6.45, 7) is 5.03. The van der Waals surface area contributed by atoms with Crippen molar-refractivity contribution < 1.29 is 4.74 Å². The summed E-state index contributed by atoms with van der Waals surface area (Å²) in [5, 5.41) is 12.6. The summed E-state index contributed by atoms with van der Waals surface area (Å²) in [5.41, 5.74) is 5.47. The van der Waals surface area contributed by atoms with Gasteiger partial charge >= 0.3 is 0 Å². The van der Waals surface area contributed by atoms with Gasteiger partial charge in [-0.05, 0) is 31.6 Å². The molecule has 0 amide bonds. The number of ether oxygens (including phenoxy) is 1. The van der Waals surface area contributed by atoms with E-state index in [-0.39, 0.29) is 6.04 Å². The highest BCUT2D eigenvalue weighted by atomic mass is 35.5. The lowest BCUT2D eigenvalue weighted by molar-refractivity contribution is 0.179. The molecule has 0 aliphatic rings. The number of aromatic nitrogens is 2. The molecule has 0 unspecified atom stereocenters. The number of nitrogens with zero attached hydrogens (tertiary/aromatic N) is 3. The first-order valence-corrected chi connectivity index (χ1v) is 8.65. The van der Waals surface area contributed by atoms with Crippen LogP contribution in [0.2, 0.25) is 5.15 Å². The molecule has 0 fully saturated rings. The fraction of sp³-hybridized carbons (Fsp3) is 0.353. The summed E-state index contributed by atoms with van der Waals surface area (Å²) in [7, 11) is 1.64. The van der Waals surface area contributed by atoms with Crippen molar-refractivity contribution in [3.63, 3.8) is 0 Å². The van der Waals surface area contributed by atoms with Gasteiger partial charge in [0.2, 0.25) is 0 Å². The Morgan fingerprint density at radius 2 is 2.16 bits per heavy atom. The second-order valence-electron chi connectivity index (χ2n) is 5.63.